The van der Waals surface area contributed by atoms with Crippen LogP contribution in [0.4, 0.5) is 0 Å². The average molecular weight is 468 g/mol. The molecule has 4 N–H and O–H groups in total. The Morgan fingerprint density at radius 3 is 2.81 bits per heavy atom. The normalized spacial score (nSPS) is 20.2. The molecule has 7 nitrogen and oxygen atoms in total. The minimum atomic E-state index is -0.583. The zero-order chi connectivity index (χ0) is 22.1. The molecule has 2 aliphatic rings. The van der Waals surface area contributed by atoms with E-state index in [-0.39, 0.29) is 30.2 Å². The summed E-state index contributed by atoms with van der Waals surface area (Å²) in [5, 5.41) is 18.9. The molecule has 2 unspecified atom stereocenters. The molecule has 0 radical (unpaired) electrons. The molecule has 1 aliphatic carbocycles. The molecule has 2 atom stereocenters. The van der Waals surface area contributed by atoms with Crippen LogP contribution in [0.1, 0.15) is 37.7 Å². The minimum Gasteiger partial charge on any atom is -0.504 e. The van der Waals surface area contributed by atoms with Crippen molar-refractivity contribution in [3.8, 4) is 11.5 Å². The van der Waals surface area contributed by atoms with Crippen molar-refractivity contribution in [2.24, 2.45) is 5.92 Å². The number of carbonyl (C=O) groups excluding carboxylic acids is 2. The van der Waals surface area contributed by atoms with Crippen LogP contribution in [0.5, 0.6) is 11.5 Å². The van der Waals surface area contributed by atoms with Gasteiger partial charge < -0.3 is 20.5 Å². The summed E-state index contributed by atoms with van der Waals surface area (Å²) < 4.78 is 5.06. The average Bonchev–Trinajstić information content (AvgIpc) is 3.33. The van der Waals surface area contributed by atoms with Crippen LogP contribution >= 0.6 is 23.5 Å². The van der Waals surface area contributed by atoms with Gasteiger partial charge in [0.05, 0.1) is 13.2 Å². The third-order valence-electron chi connectivity index (χ3n) is 5.74. The standard InChI is InChI=1S/C22H33N3O4S2/c1-29-20-8-7-16(9-19(20)26)10-23-21(27)18(25-22(28)17-12-31-14-24-17)13-30-11-15-5-3-2-4-6-15/h7-9,15,17-18,24,26H,2-6,10-14H2,1H3,(H,23,27)(H,25,28). The van der Waals surface area contributed by atoms with Crippen LogP contribution in [0, 0.1) is 5.92 Å². The summed E-state index contributed by atoms with van der Waals surface area (Å²) in [6, 6.07) is 4.20. The minimum absolute atomic E-state index is 0.0342. The first kappa shape index (κ1) is 24.1. The highest BCUT2D eigenvalue weighted by molar-refractivity contribution is 7.99. The summed E-state index contributed by atoms with van der Waals surface area (Å²) in [7, 11) is 1.49. The van der Waals surface area contributed by atoms with Crippen molar-refractivity contribution in [3.63, 3.8) is 0 Å². The van der Waals surface area contributed by atoms with Gasteiger partial charge in [0.25, 0.3) is 0 Å². The Kier molecular flexibility index (Phi) is 9.67. The van der Waals surface area contributed by atoms with Gasteiger partial charge in [-0.25, -0.2) is 0 Å². The van der Waals surface area contributed by atoms with Gasteiger partial charge in [-0.05, 0) is 42.2 Å². The van der Waals surface area contributed by atoms with E-state index >= 15 is 0 Å². The third kappa shape index (κ3) is 7.50. The lowest BCUT2D eigenvalue weighted by Gasteiger charge is -2.23. The first-order valence-electron chi connectivity index (χ1n) is 10.9. The van der Waals surface area contributed by atoms with Crippen molar-refractivity contribution in [1.82, 2.24) is 16.0 Å². The number of benzene rings is 1. The zero-order valence-corrected chi connectivity index (χ0v) is 19.7. The summed E-state index contributed by atoms with van der Waals surface area (Å²) in [6.07, 6.45) is 6.45. The number of carbonyl (C=O) groups is 2. The number of amides is 2. The number of ether oxygens (including phenoxy) is 1. The Morgan fingerprint density at radius 1 is 1.32 bits per heavy atom. The smallest absolute Gasteiger partial charge is 0.243 e. The molecule has 0 spiro atoms. The molecule has 9 heteroatoms. The largest absolute Gasteiger partial charge is 0.504 e. The van der Waals surface area contributed by atoms with Crippen molar-refractivity contribution < 1.29 is 19.4 Å². The highest BCUT2D eigenvalue weighted by Crippen LogP contribution is 2.27. The Morgan fingerprint density at radius 2 is 2.13 bits per heavy atom. The van der Waals surface area contributed by atoms with Crippen molar-refractivity contribution in [1.29, 1.82) is 0 Å². The second kappa shape index (κ2) is 12.5. The molecular formula is C22H33N3O4S2. The zero-order valence-electron chi connectivity index (χ0n) is 18.0. The van der Waals surface area contributed by atoms with Crippen molar-refractivity contribution in [3.05, 3.63) is 23.8 Å². The number of phenols is 1. The maximum absolute atomic E-state index is 12.9. The first-order chi connectivity index (χ1) is 15.1. The van der Waals surface area contributed by atoms with Crippen LogP contribution in [-0.4, -0.2) is 59.2 Å². The van der Waals surface area contributed by atoms with Crippen molar-refractivity contribution in [2.45, 2.75) is 50.7 Å². The Balaban J connectivity index is 1.54. The summed E-state index contributed by atoms with van der Waals surface area (Å²) in [5.41, 5.74) is 0.764. The second-order valence-electron chi connectivity index (χ2n) is 8.10. The summed E-state index contributed by atoms with van der Waals surface area (Å²) >= 11 is 3.43. The van der Waals surface area contributed by atoms with Gasteiger partial charge in [0.15, 0.2) is 11.5 Å². The molecule has 31 heavy (non-hydrogen) atoms. The molecule has 2 amide bonds. The fourth-order valence-electron chi connectivity index (χ4n) is 3.88. The molecule has 2 fully saturated rings. The highest BCUT2D eigenvalue weighted by atomic mass is 32.2. The lowest BCUT2D eigenvalue weighted by atomic mass is 9.91. The van der Waals surface area contributed by atoms with Gasteiger partial charge in [0.1, 0.15) is 6.04 Å². The molecule has 1 aliphatic heterocycles. The number of rotatable bonds is 10. The van der Waals surface area contributed by atoms with E-state index in [2.05, 4.69) is 16.0 Å². The van der Waals surface area contributed by atoms with Crippen LogP contribution in [0.15, 0.2) is 18.2 Å². The van der Waals surface area contributed by atoms with Crippen LogP contribution in [0.3, 0.4) is 0 Å². The quantitative estimate of drug-likeness (QED) is 0.419. The predicted octanol–water partition coefficient (Wildman–Crippen LogP) is 2.48. The Hall–Kier alpha value is -1.58. The lowest BCUT2D eigenvalue weighted by Crippen LogP contribution is -2.53. The van der Waals surface area contributed by atoms with E-state index in [1.165, 1.54) is 39.2 Å². The number of aromatic hydroxyl groups is 1. The predicted molar refractivity (Wildman–Crippen MR) is 127 cm³/mol. The molecule has 1 aromatic carbocycles. The number of nitrogens with one attached hydrogen (secondary N) is 3. The van der Waals surface area contributed by atoms with E-state index in [0.29, 0.717) is 17.4 Å². The summed E-state index contributed by atoms with van der Waals surface area (Å²) in [4.78, 5) is 25.5. The van der Waals surface area contributed by atoms with E-state index in [1.54, 1.807) is 41.7 Å². The number of hydrogen-bond donors (Lipinski definition) is 4. The van der Waals surface area contributed by atoms with Crippen LogP contribution in [-0.2, 0) is 16.1 Å². The van der Waals surface area contributed by atoms with Crippen LogP contribution in [0.25, 0.3) is 0 Å². The van der Waals surface area contributed by atoms with Gasteiger partial charge >= 0.3 is 0 Å². The van der Waals surface area contributed by atoms with Crippen LogP contribution < -0.4 is 20.7 Å². The summed E-state index contributed by atoms with van der Waals surface area (Å²) in [6.45, 7) is 0.271. The number of hydrogen-bond acceptors (Lipinski definition) is 7. The fourth-order valence-corrected chi connectivity index (χ4v) is 6.10. The van der Waals surface area contributed by atoms with E-state index < -0.39 is 6.04 Å². The molecule has 1 heterocycles. The summed E-state index contributed by atoms with van der Waals surface area (Å²) in [5.74, 6) is 3.88. The molecule has 1 saturated carbocycles. The van der Waals surface area contributed by atoms with Gasteiger partial charge in [-0.3, -0.25) is 14.9 Å². The van der Waals surface area contributed by atoms with E-state index in [9.17, 15) is 14.7 Å². The molecule has 3 rings (SSSR count). The van der Waals surface area contributed by atoms with Gasteiger partial charge in [0, 0.05) is 23.9 Å². The highest BCUT2D eigenvalue weighted by Gasteiger charge is 2.28. The van der Waals surface area contributed by atoms with Gasteiger partial charge in [-0.2, -0.15) is 11.8 Å². The maximum atomic E-state index is 12.9. The van der Waals surface area contributed by atoms with E-state index in [4.69, 9.17) is 4.74 Å². The fraction of sp³-hybridized carbons (Fsp3) is 0.636. The number of methoxy groups -OCH3 is 1. The monoisotopic (exact) mass is 467 g/mol. The molecule has 0 bridgehead atoms. The molecular weight excluding hydrogens is 434 g/mol. The van der Waals surface area contributed by atoms with E-state index in [1.807, 2.05) is 0 Å². The van der Waals surface area contributed by atoms with Crippen molar-refractivity contribution >= 4 is 35.3 Å². The van der Waals surface area contributed by atoms with Gasteiger partial charge in [-0.15, -0.1) is 11.8 Å². The lowest BCUT2D eigenvalue weighted by molar-refractivity contribution is -0.129. The Bertz CT molecular complexity index is 737. The third-order valence-corrected chi connectivity index (χ3v) is 7.95. The Labute approximate surface area is 192 Å². The number of thioether (sulfide) groups is 2. The van der Waals surface area contributed by atoms with Crippen LogP contribution in [0.2, 0.25) is 0 Å². The molecule has 1 saturated heterocycles. The molecule has 172 valence electrons. The molecule has 1 aromatic rings. The maximum Gasteiger partial charge on any atom is 0.243 e. The van der Waals surface area contributed by atoms with Gasteiger partial charge in [0.2, 0.25) is 11.8 Å². The van der Waals surface area contributed by atoms with Gasteiger partial charge in [-0.1, -0.05) is 25.3 Å². The molecule has 0 aromatic heterocycles. The van der Waals surface area contributed by atoms with E-state index in [0.717, 1.165) is 22.9 Å². The van der Waals surface area contributed by atoms with Crippen molar-refractivity contribution in [2.75, 3.05) is 30.2 Å². The first-order valence-corrected chi connectivity index (χ1v) is 13.2. The second-order valence-corrected chi connectivity index (χ2v) is 10.2. The SMILES string of the molecule is COc1ccc(CNC(=O)C(CSCC2CCCCC2)NC(=O)C2CSCN2)cc1O. The number of phenolic OH excluding ortho intramolecular Hbond substituents is 1. The topological polar surface area (TPSA) is 99.7 Å².